The van der Waals surface area contributed by atoms with E-state index in [1.165, 1.54) is 0 Å². The van der Waals surface area contributed by atoms with Crippen LogP contribution >= 0.6 is 0 Å². The highest BCUT2D eigenvalue weighted by Gasteiger charge is 2.40. The Morgan fingerprint density at radius 2 is 1.35 bits per heavy atom. The molecule has 0 aromatic carbocycles. The predicted molar refractivity (Wildman–Crippen MR) is 105 cm³/mol. The minimum absolute atomic E-state index is 0.130. The highest BCUT2D eigenvalue weighted by atomic mass is 28.4. The van der Waals surface area contributed by atoms with Crippen molar-refractivity contribution in [1.29, 1.82) is 0 Å². The minimum atomic E-state index is -1.81. The van der Waals surface area contributed by atoms with Crippen LogP contribution in [0.25, 0.3) is 0 Å². The van der Waals surface area contributed by atoms with Crippen LogP contribution in [-0.4, -0.2) is 35.6 Å². The van der Waals surface area contributed by atoms with E-state index in [2.05, 4.69) is 67.7 Å². The van der Waals surface area contributed by atoms with Gasteiger partial charge in [0.15, 0.2) is 16.6 Å². The molecular formula is C18H40O3Si2. The van der Waals surface area contributed by atoms with E-state index in [-0.39, 0.29) is 16.2 Å². The van der Waals surface area contributed by atoms with Crippen LogP contribution < -0.4 is 0 Å². The van der Waals surface area contributed by atoms with Crippen LogP contribution in [-0.2, 0) is 13.6 Å². The van der Waals surface area contributed by atoms with Crippen LogP contribution in [0.5, 0.6) is 0 Å². The molecule has 0 aliphatic rings. The van der Waals surface area contributed by atoms with Crippen molar-refractivity contribution in [2.75, 3.05) is 6.61 Å². The average molecular weight is 361 g/mol. The van der Waals surface area contributed by atoms with Gasteiger partial charge < -0.3 is 13.6 Å². The minimum Gasteiger partial charge on any atom is -0.417 e. The van der Waals surface area contributed by atoms with E-state index in [0.29, 0.717) is 6.42 Å². The maximum atomic E-state index is 10.8. The third kappa shape index (κ3) is 7.63. The Morgan fingerprint density at radius 3 is 1.74 bits per heavy atom. The Balaban J connectivity index is 4.73. The molecule has 3 nitrogen and oxygen atoms in total. The molecule has 0 radical (unpaired) electrons. The van der Waals surface area contributed by atoms with Crippen LogP contribution in [0, 0.1) is 0 Å². The highest BCUT2D eigenvalue weighted by Crippen LogP contribution is 2.39. The zero-order valence-electron chi connectivity index (χ0n) is 17.2. The van der Waals surface area contributed by atoms with E-state index in [1.54, 1.807) is 0 Å². The summed E-state index contributed by atoms with van der Waals surface area (Å²) in [7, 11) is -3.52. The third-order valence-corrected chi connectivity index (χ3v) is 14.7. The molecule has 23 heavy (non-hydrogen) atoms. The van der Waals surface area contributed by atoms with Crippen molar-refractivity contribution in [3.63, 3.8) is 0 Å². The second kappa shape index (κ2) is 8.41. The molecule has 0 rings (SSSR count). The van der Waals surface area contributed by atoms with Gasteiger partial charge in [0.05, 0.1) is 0 Å². The van der Waals surface area contributed by atoms with Crippen LogP contribution in [0.3, 0.4) is 0 Å². The number of carbonyl (C=O) groups is 1. The fourth-order valence-corrected chi connectivity index (χ4v) is 4.26. The molecule has 0 aliphatic heterocycles. The van der Waals surface area contributed by atoms with Gasteiger partial charge in [-0.15, -0.1) is 0 Å². The molecule has 138 valence electrons. The van der Waals surface area contributed by atoms with Crippen molar-refractivity contribution in [3.05, 3.63) is 0 Å². The van der Waals surface area contributed by atoms with Crippen LogP contribution in [0.15, 0.2) is 0 Å². The molecule has 5 heteroatoms. The fourth-order valence-electron chi connectivity index (χ4n) is 1.77. The van der Waals surface area contributed by atoms with Crippen LogP contribution in [0.1, 0.15) is 60.8 Å². The first kappa shape index (κ1) is 23.0. The summed E-state index contributed by atoms with van der Waals surface area (Å²) >= 11 is 0. The zero-order valence-corrected chi connectivity index (χ0v) is 19.2. The van der Waals surface area contributed by atoms with E-state index in [1.807, 2.05) is 0 Å². The van der Waals surface area contributed by atoms with Crippen molar-refractivity contribution >= 4 is 22.9 Å². The molecule has 0 unspecified atom stereocenters. The summed E-state index contributed by atoms with van der Waals surface area (Å²) in [6.45, 7) is 23.4. The van der Waals surface area contributed by atoms with Gasteiger partial charge in [0.25, 0.3) is 0 Å². The SMILES string of the molecule is CC(C)(C)[Si](C)(C)OCC[C@H](CCC=O)O[Si](C)(C)C(C)(C)C. The first-order valence-electron chi connectivity index (χ1n) is 8.89. The summed E-state index contributed by atoms with van der Waals surface area (Å²) in [4.78, 5) is 10.8. The molecular weight excluding hydrogens is 320 g/mol. The number of rotatable bonds is 9. The lowest BCUT2D eigenvalue weighted by atomic mass is 10.1. The molecule has 0 aromatic rings. The van der Waals surface area contributed by atoms with E-state index in [4.69, 9.17) is 8.85 Å². The van der Waals surface area contributed by atoms with Crippen molar-refractivity contribution in [1.82, 2.24) is 0 Å². The molecule has 0 bridgehead atoms. The van der Waals surface area contributed by atoms with E-state index in [0.717, 1.165) is 25.7 Å². The maximum absolute atomic E-state index is 10.8. The van der Waals surface area contributed by atoms with Crippen molar-refractivity contribution < 1.29 is 13.6 Å². The molecule has 0 saturated heterocycles. The molecule has 0 aromatic heterocycles. The van der Waals surface area contributed by atoms with Gasteiger partial charge >= 0.3 is 0 Å². The number of aldehydes is 1. The molecule has 1 atom stereocenters. The number of hydrogen-bond acceptors (Lipinski definition) is 3. The summed E-state index contributed by atoms with van der Waals surface area (Å²) in [6, 6.07) is 0. The summed E-state index contributed by atoms with van der Waals surface area (Å²) in [5.41, 5.74) is 0. The summed E-state index contributed by atoms with van der Waals surface area (Å²) < 4.78 is 12.8. The molecule has 0 fully saturated rings. The Hall–Kier alpha value is 0.0238. The largest absolute Gasteiger partial charge is 0.417 e. The van der Waals surface area contributed by atoms with E-state index < -0.39 is 16.6 Å². The highest BCUT2D eigenvalue weighted by molar-refractivity contribution is 6.74. The molecule has 0 spiro atoms. The van der Waals surface area contributed by atoms with Gasteiger partial charge in [0.1, 0.15) is 6.29 Å². The van der Waals surface area contributed by atoms with Gasteiger partial charge in [0.2, 0.25) is 0 Å². The number of hydrogen-bond donors (Lipinski definition) is 0. The average Bonchev–Trinajstić information content (AvgIpc) is 2.32. The van der Waals surface area contributed by atoms with Crippen LogP contribution in [0.2, 0.25) is 36.3 Å². The quantitative estimate of drug-likeness (QED) is 0.387. The molecule has 0 heterocycles. The lowest BCUT2D eigenvalue weighted by Gasteiger charge is -2.40. The van der Waals surface area contributed by atoms with E-state index >= 15 is 0 Å². The second-order valence-electron chi connectivity index (χ2n) is 9.64. The van der Waals surface area contributed by atoms with Crippen molar-refractivity contribution in [2.45, 2.75) is 103 Å². The predicted octanol–water partition coefficient (Wildman–Crippen LogP) is 5.77. The van der Waals surface area contributed by atoms with Crippen molar-refractivity contribution in [3.8, 4) is 0 Å². The topological polar surface area (TPSA) is 35.5 Å². The van der Waals surface area contributed by atoms with Gasteiger partial charge in [-0.1, -0.05) is 41.5 Å². The van der Waals surface area contributed by atoms with Gasteiger partial charge in [-0.05, 0) is 49.1 Å². The van der Waals surface area contributed by atoms with Gasteiger partial charge in [0, 0.05) is 19.1 Å². The zero-order chi connectivity index (χ0) is 18.5. The summed E-state index contributed by atoms with van der Waals surface area (Å²) in [6.07, 6.45) is 3.38. The standard InChI is InChI=1S/C18H40O3Si2/c1-17(2,3)22(7,8)20-15-13-16(12-11-14-19)21-23(9,10)18(4,5)6/h14,16H,11-13,15H2,1-10H3/t16-/m0/s1. The van der Waals surface area contributed by atoms with Crippen LogP contribution in [0.4, 0.5) is 0 Å². The van der Waals surface area contributed by atoms with Gasteiger partial charge in [-0.2, -0.15) is 0 Å². The lowest BCUT2D eigenvalue weighted by molar-refractivity contribution is -0.108. The lowest BCUT2D eigenvalue weighted by Crippen LogP contribution is -2.45. The second-order valence-corrected chi connectivity index (χ2v) is 19.2. The fraction of sp³-hybridized carbons (Fsp3) is 0.944. The first-order valence-corrected chi connectivity index (χ1v) is 14.7. The maximum Gasteiger partial charge on any atom is 0.192 e. The molecule has 0 saturated carbocycles. The molecule has 0 N–H and O–H groups in total. The Bertz CT molecular complexity index is 365. The van der Waals surface area contributed by atoms with Crippen molar-refractivity contribution in [2.24, 2.45) is 0 Å². The third-order valence-electron chi connectivity index (χ3n) is 5.58. The number of carbonyl (C=O) groups excluding carboxylic acids is 1. The van der Waals surface area contributed by atoms with Gasteiger partial charge in [-0.25, -0.2) is 0 Å². The normalized spacial score (nSPS) is 15.6. The Morgan fingerprint density at radius 1 is 0.870 bits per heavy atom. The molecule has 0 amide bonds. The molecule has 0 aliphatic carbocycles. The van der Waals surface area contributed by atoms with E-state index in [9.17, 15) is 4.79 Å². The first-order chi connectivity index (χ1) is 10.1. The summed E-state index contributed by atoms with van der Waals surface area (Å²) in [5.74, 6) is 0. The smallest absolute Gasteiger partial charge is 0.192 e. The Labute approximate surface area is 146 Å². The summed E-state index contributed by atoms with van der Waals surface area (Å²) in [5, 5.41) is 0.415. The van der Waals surface area contributed by atoms with Gasteiger partial charge in [-0.3, -0.25) is 0 Å². The monoisotopic (exact) mass is 360 g/mol. The Kier molecular flexibility index (Phi) is 8.42.